The Morgan fingerprint density at radius 2 is 1.75 bits per heavy atom. The predicted molar refractivity (Wildman–Crippen MR) is 108 cm³/mol. The third-order valence-corrected chi connectivity index (χ3v) is 5.87. The van der Waals surface area contributed by atoms with Crippen LogP contribution in [0.4, 0.5) is 5.69 Å². The number of hydrogen-bond acceptors (Lipinski definition) is 5. The second kappa shape index (κ2) is 10.1. The molecule has 0 aliphatic carbocycles. The van der Waals surface area contributed by atoms with Crippen LogP contribution in [-0.2, 0) is 19.6 Å². The van der Waals surface area contributed by atoms with E-state index in [-0.39, 0.29) is 11.4 Å². The number of hydrogen-bond donors (Lipinski definition) is 1. The Bertz CT molecular complexity index is 882. The SMILES string of the molecule is COCCCNC(=O)CN(c1ccccc1OC)S(=O)(=O)c1ccc(C)cc1. The molecule has 7 nitrogen and oxygen atoms in total. The van der Waals surface area contributed by atoms with Gasteiger partial charge in [-0.2, -0.15) is 0 Å². The Balaban J connectivity index is 2.36. The summed E-state index contributed by atoms with van der Waals surface area (Å²) in [6.45, 7) is 2.43. The molecule has 0 fully saturated rings. The molecule has 0 bridgehead atoms. The maximum atomic E-state index is 13.3. The van der Waals surface area contributed by atoms with Crippen molar-refractivity contribution in [2.24, 2.45) is 0 Å². The van der Waals surface area contributed by atoms with Crippen LogP contribution in [0.1, 0.15) is 12.0 Å². The number of aryl methyl sites for hydroxylation is 1. The summed E-state index contributed by atoms with van der Waals surface area (Å²) in [5.41, 5.74) is 1.25. The summed E-state index contributed by atoms with van der Waals surface area (Å²) in [4.78, 5) is 12.5. The summed E-state index contributed by atoms with van der Waals surface area (Å²) in [7, 11) is -0.925. The number of sulfonamides is 1. The Kier molecular flexibility index (Phi) is 7.83. The lowest BCUT2D eigenvalue weighted by Crippen LogP contribution is -2.41. The van der Waals surface area contributed by atoms with E-state index in [0.717, 1.165) is 9.87 Å². The van der Waals surface area contributed by atoms with E-state index in [4.69, 9.17) is 9.47 Å². The van der Waals surface area contributed by atoms with Crippen molar-refractivity contribution in [1.82, 2.24) is 5.32 Å². The fourth-order valence-electron chi connectivity index (χ4n) is 2.60. The highest BCUT2D eigenvalue weighted by Gasteiger charge is 2.29. The number of amides is 1. The van der Waals surface area contributed by atoms with Crippen molar-refractivity contribution in [2.45, 2.75) is 18.2 Å². The number of carbonyl (C=O) groups excluding carboxylic acids is 1. The largest absolute Gasteiger partial charge is 0.495 e. The Morgan fingerprint density at radius 1 is 1.07 bits per heavy atom. The molecule has 0 saturated heterocycles. The highest BCUT2D eigenvalue weighted by Crippen LogP contribution is 2.32. The van der Waals surface area contributed by atoms with Gasteiger partial charge in [-0.05, 0) is 37.6 Å². The van der Waals surface area contributed by atoms with Crippen LogP contribution in [0, 0.1) is 6.92 Å². The highest BCUT2D eigenvalue weighted by atomic mass is 32.2. The molecule has 152 valence electrons. The lowest BCUT2D eigenvalue weighted by molar-refractivity contribution is -0.119. The second-order valence-corrected chi connectivity index (χ2v) is 8.06. The topological polar surface area (TPSA) is 84.9 Å². The maximum Gasteiger partial charge on any atom is 0.264 e. The van der Waals surface area contributed by atoms with Gasteiger partial charge in [-0.25, -0.2) is 8.42 Å². The molecule has 0 atom stereocenters. The quantitative estimate of drug-likeness (QED) is 0.612. The van der Waals surface area contributed by atoms with Crippen LogP contribution in [0.3, 0.4) is 0 Å². The minimum Gasteiger partial charge on any atom is -0.495 e. The minimum atomic E-state index is -3.97. The smallest absolute Gasteiger partial charge is 0.264 e. The molecule has 0 aromatic heterocycles. The van der Waals surface area contributed by atoms with Crippen LogP contribution in [0.25, 0.3) is 0 Å². The summed E-state index contributed by atoms with van der Waals surface area (Å²) in [6.07, 6.45) is 0.640. The van der Waals surface area contributed by atoms with Crippen molar-refractivity contribution in [1.29, 1.82) is 0 Å². The van der Waals surface area contributed by atoms with Gasteiger partial charge in [0, 0.05) is 20.3 Å². The summed E-state index contributed by atoms with van der Waals surface area (Å²) in [6, 6.07) is 13.2. The molecule has 1 amide bonds. The van der Waals surface area contributed by atoms with E-state index in [1.165, 1.54) is 19.2 Å². The average molecular weight is 407 g/mol. The fourth-order valence-corrected chi connectivity index (χ4v) is 4.04. The van der Waals surface area contributed by atoms with E-state index in [2.05, 4.69) is 5.32 Å². The number of para-hydroxylation sites is 2. The van der Waals surface area contributed by atoms with E-state index < -0.39 is 15.9 Å². The van der Waals surface area contributed by atoms with Crippen LogP contribution < -0.4 is 14.4 Å². The van der Waals surface area contributed by atoms with Gasteiger partial charge in [0.25, 0.3) is 10.0 Å². The summed E-state index contributed by atoms with van der Waals surface area (Å²) in [5, 5.41) is 2.72. The molecule has 2 aromatic carbocycles. The molecule has 0 spiro atoms. The van der Waals surface area contributed by atoms with Crippen LogP contribution in [-0.4, -0.2) is 48.2 Å². The number of nitrogens with zero attached hydrogens (tertiary/aromatic N) is 1. The maximum absolute atomic E-state index is 13.3. The molecular formula is C20H26N2O5S. The standard InChI is InChI=1S/C20H26N2O5S/c1-16-9-11-17(12-10-16)28(24,25)22(15-20(23)21-13-6-14-26-2)18-7-4-5-8-19(18)27-3/h4-5,7-12H,6,13-15H2,1-3H3,(H,21,23). The van der Waals surface area contributed by atoms with Gasteiger partial charge in [0.1, 0.15) is 12.3 Å². The van der Waals surface area contributed by atoms with Gasteiger partial charge >= 0.3 is 0 Å². The number of anilines is 1. The average Bonchev–Trinajstić information content (AvgIpc) is 2.69. The lowest BCUT2D eigenvalue weighted by Gasteiger charge is -2.25. The monoisotopic (exact) mass is 406 g/mol. The van der Waals surface area contributed by atoms with Crippen molar-refractivity contribution in [3.63, 3.8) is 0 Å². The summed E-state index contributed by atoms with van der Waals surface area (Å²) in [5.74, 6) is -0.0388. The number of rotatable bonds is 10. The van der Waals surface area contributed by atoms with Gasteiger partial charge in [-0.3, -0.25) is 9.10 Å². The normalized spacial score (nSPS) is 11.1. The van der Waals surface area contributed by atoms with Crippen LogP contribution >= 0.6 is 0 Å². The summed E-state index contributed by atoms with van der Waals surface area (Å²) < 4.78 is 37.9. The van der Waals surface area contributed by atoms with E-state index in [9.17, 15) is 13.2 Å². The van der Waals surface area contributed by atoms with Gasteiger partial charge < -0.3 is 14.8 Å². The number of nitrogens with one attached hydrogen (secondary N) is 1. The van der Waals surface area contributed by atoms with Crippen LogP contribution in [0.5, 0.6) is 5.75 Å². The van der Waals surface area contributed by atoms with Crippen molar-refractivity contribution in [2.75, 3.05) is 38.2 Å². The zero-order valence-corrected chi connectivity index (χ0v) is 17.2. The Morgan fingerprint density at radius 3 is 2.39 bits per heavy atom. The molecule has 28 heavy (non-hydrogen) atoms. The Labute approximate surface area is 166 Å². The molecular weight excluding hydrogens is 380 g/mol. The zero-order valence-electron chi connectivity index (χ0n) is 16.3. The van der Waals surface area contributed by atoms with E-state index in [1.54, 1.807) is 43.5 Å². The first-order valence-electron chi connectivity index (χ1n) is 8.88. The Hall–Kier alpha value is -2.58. The molecule has 0 aliphatic heterocycles. The summed E-state index contributed by atoms with van der Waals surface area (Å²) >= 11 is 0. The van der Waals surface area contributed by atoms with Gasteiger partial charge in [0.2, 0.25) is 5.91 Å². The predicted octanol–water partition coefficient (Wildman–Crippen LogP) is 2.35. The third kappa shape index (κ3) is 5.46. The van der Waals surface area contributed by atoms with Gasteiger partial charge in [0.05, 0.1) is 17.7 Å². The number of methoxy groups -OCH3 is 2. The van der Waals surface area contributed by atoms with Crippen molar-refractivity contribution in [3.8, 4) is 5.75 Å². The van der Waals surface area contributed by atoms with Crippen molar-refractivity contribution >= 4 is 21.6 Å². The second-order valence-electron chi connectivity index (χ2n) is 6.19. The number of carbonyl (C=O) groups is 1. The van der Waals surface area contributed by atoms with Gasteiger partial charge in [-0.15, -0.1) is 0 Å². The van der Waals surface area contributed by atoms with Crippen molar-refractivity contribution < 1.29 is 22.7 Å². The lowest BCUT2D eigenvalue weighted by atomic mass is 10.2. The molecule has 0 radical (unpaired) electrons. The fraction of sp³-hybridized carbons (Fsp3) is 0.350. The molecule has 0 unspecified atom stereocenters. The molecule has 8 heteroatoms. The van der Waals surface area contributed by atoms with Gasteiger partial charge in [-0.1, -0.05) is 29.8 Å². The zero-order chi connectivity index (χ0) is 20.6. The molecule has 1 N–H and O–H groups in total. The van der Waals surface area contributed by atoms with E-state index in [0.29, 0.717) is 31.0 Å². The molecule has 0 saturated carbocycles. The number of ether oxygens (including phenoxy) is 2. The third-order valence-electron chi connectivity index (χ3n) is 4.10. The molecule has 2 aromatic rings. The minimum absolute atomic E-state index is 0.108. The first kappa shape index (κ1) is 21.7. The molecule has 0 heterocycles. The van der Waals surface area contributed by atoms with Crippen LogP contribution in [0.15, 0.2) is 53.4 Å². The molecule has 2 rings (SSSR count). The van der Waals surface area contributed by atoms with E-state index in [1.807, 2.05) is 6.92 Å². The van der Waals surface area contributed by atoms with Crippen LogP contribution in [0.2, 0.25) is 0 Å². The highest BCUT2D eigenvalue weighted by molar-refractivity contribution is 7.92. The first-order chi connectivity index (χ1) is 13.4. The molecule has 0 aliphatic rings. The van der Waals surface area contributed by atoms with Crippen molar-refractivity contribution in [3.05, 3.63) is 54.1 Å². The first-order valence-corrected chi connectivity index (χ1v) is 10.3. The number of benzene rings is 2. The van der Waals surface area contributed by atoms with E-state index >= 15 is 0 Å². The van der Waals surface area contributed by atoms with Gasteiger partial charge in [0.15, 0.2) is 0 Å².